The number of rotatable bonds is 7. The lowest BCUT2D eigenvalue weighted by atomic mass is 10.1. The highest BCUT2D eigenvalue weighted by molar-refractivity contribution is 7.97. The van der Waals surface area contributed by atoms with Crippen molar-refractivity contribution in [3.05, 3.63) is 53.4 Å². The van der Waals surface area contributed by atoms with Crippen LogP contribution in [0.4, 0.5) is 5.82 Å². The molecule has 1 aliphatic carbocycles. The molecule has 1 aromatic heterocycles. The second-order valence-electron chi connectivity index (χ2n) is 9.14. The van der Waals surface area contributed by atoms with Crippen LogP contribution in [0.5, 0.6) is 5.75 Å². The number of aromatic nitrogens is 1. The number of nitrogens with one attached hydrogen (secondary N) is 1. The fourth-order valence-electron chi connectivity index (χ4n) is 4.26. The average molecular weight is 482 g/mol. The van der Waals surface area contributed by atoms with E-state index in [1.54, 1.807) is 11.4 Å². The zero-order chi connectivity index (χ0) is 23.7. The minimum Gasteiger partial charge on any atom is -0.505 e. The van der Waals surface area contributed by atoms with Gasteiger partial charge in [0.2, 0.25) is 0 Å². The summed E-state index contributed by atoms with van der Waals surface area (Å²) in [4.78, 5) is 23.0. The summed E-state index contributed by atoms with van der Waals surface area (Å²) >= 11 is 1.40. The number of nitrogens with zero attached hydrogens (tertiary/aromatic N) is 4. The van der Waals surface area contributed by atoms with Gasteiger partial charge in [-0.05, 0) is 67.6 Å². The number of carbonyl (C=O) groups excluding carboxylic acids is 1. The Hall–Kier alpha value is -2.75. The lowest BCUT2D eigenvalue weighted by Gasteiger charge is -2.32. The first kappa shape index (κ1) is 23.0. The molecular weight excluding hydrogens is 450 g/mol. The fraction of sp³-hybridized carbons (Fsp3) is 0.440. The molecule has 1 aromatic carbocycles. The van der Waals surface area contributed by atoms with Gasteiger partial charge >= 0.3 is 0 Å². The molecule has 2 fully saturated rings. The zero-order valence-corrected chi connectivity index (χ0v) is 20.5. The van der Waals surface area contributed by atoms with Gasteiger partial charge in [0, 0.05) is 56.4 Å². The lowest BCUT2D eigenvalue weighted by Crippen LogP contribution is -2.45. The largest absolute Gasteiger partial charge is 0.505 e. The number of carbonyl (C=O) groups is 1. The summed E-state index contributed by atoms with van der Waals surface area (Å²) in [6.45, 7) is 5.70. The van der Waals surface area contributed by atoms with E-state index in [1.807, 2.05) is 36.5 Å². The van der Waals surface area contributed by atoms with Gasteiger partial charge < -0.3 is 24.4 Å². The number of pyridine rings is 1. The number of benzene rings is 1. The molecular formula is C25H31N5O3S. The monoisotopic (exact) mass is 481 g/mol. The van der Waals surface area contributed by atoms with Crippen molar-refractivity contribution in [2.75, 3.05) is 58.7 Å². The molecule has 1 amide bonds. The van der Waals surface area contributed by atoms with E-state index < -0.39 is 5.91 Å². The second kappa shape index (κ2) is 9.85. The van der Waals surface area contributed by atoms with Crippen molar-refractivity contribution < 1.29 is 14.6 Å². The van der Waals surface area contributed by atoms with Crippen molar-refractivity contribution in [3.8, 4) is 5.75 Å². The molecule has 180 valence electrons. The second-order valence-corrected chi connectivity index (χ2v) is 10.3. The molecule has 0 unspecified atom stereocenters. The van der Waals surface area contributed by atoms with Crippen LogP contribution in [0.25, 0.3) is 5.76 Å². The summed E-state index contributed by atoms with van der Waals surface area (Å²) < 4.78 is 7.66. The molecule has 34 heavy (non-hydrogen) atoms. The molecule has 1 saturated heterocycles. The van der Waals surface area contributed by atoms with E-state index in [9.17, 15) is 9.90 Å². The molecule has 3 heterocycles. The number of piperazine rings is 1. The maximum Gasteiger partial charge on any atom is 0.277 e. The molecule has 3 aliphatic rings. The van der Waals surface area contributed by atoms with Gasteiger partial charge in [0.25, 0.3) is 5.91 Å². The Kier molecular flexibility index (Phi) is 6.67. The number of likely N-dealkylation sites (N-methyl/N-ethyl adjacent to an activating group) is 2. The molecule has 5 rings (SSSR count). The first-order chi connectivity index (χ1) is 16.5. The normalized spacial score (nSPS) is 19.2. The van der Waals surface area contributed by atoms with E-state index in [0.29, 0.717) is 29.7 Å². The number of amides is 1. The molecule has 0 radical (unpaired) electrons. The molecule has 0 atom stereocenters. The van der Waals surface area contributed by atoms with Gasteiger partial charge in [-0.2, -0.15) is 0 Å². The van der Waals surface area contributed by atoms with Crippen molar-refractivity contribution in [2.45, 2.75) is 23.7 Å². The number of fused-ring (bicyclic) bond motifs is 1. The van der Waals surface area contributed by atoms with Gasteiger partial charge in [-0.15, -0.1) is 0 Å². The fourth-order valence-corrected chi connectivity index (χ4v) is 5.20. The standard InChI is InChI=1S/C25H31N5O3S/c1-28-9-11-30(12-10-28)13-14-33-19-6-7-21-20(15-19)24(31)23(29(2)34-21)25(32)27-22-8-5-18(16-26-22)17-3-4-17/h5-8,15-17,31H,3-4,9-14H2,1-2H3,(H,26,27,32). The van der Waals surface area contributed by atoms with Crippen LogP contribution in [-0.4, -0.2) is 83.5 Å². The Bertz CT molecular complexity index is 1080. The number of hydrogen-bond donors (Lipinski definition) is 2. The van der Waals surface area contributed by atoms with Crippen LogP contribution in [0.3, 0.4) is 0 Å². The average Bonchev–Trinajstić information content (AvgIpc) is 3.67. The third kappa shape index (κ3) is 5.16. The van der Waals surface area contributed by atoms with Crippen LogP contribution in [0, 0.1) is 0 Å². The minimum atomic E-state index is -0.397. The summed E-state index contributed by atoms with van der Waals surface area (Å²) in [7, 11) is 3.91. The van der Waals surface area contributed by atoms with E-state index in [1.165, 1.54) is 30.4 Å². The third-order valence-corrected chi connectivity index (χ3v) is 7.55. The van der Waals surface area contributed by atoms with E-state index in [0.717, 1.165) is 37.6 Å². The van der Waals surface area contributed by atoms with Crippen molar-refractivity contribution in [1.82, 2.24) is 19.1 Å². The SMILES string of the molecule is CN1CCN(CCOc2ccc3c(c2)C(O)=C(C(=O)Nc2ccc(C4CC4)cn2)N(C)S3)CC1. The van der Waals surface area contributed by atoms with Gasteiger partial charge in [0.05, 0.1) is 0 Å². The highest BCUT2D eigenvalue weighted by Crippen LogP contribution is 2.41. The first-order valence-corrected chi connectivity index (χ1v) is 12.6. The summed E-state index contributed by atoms with van der Waals surface area (Å²) in [6.07, 6.45) is 4.23. The molecule has 0 bridgehead atoms. The minimum absolute atomic E-state index is 0.0622. The smallest absolute Gasteiger partial charge is 0.277 e. The van der Waals surface area contributed by atoms with Crippen molar-refractivity contribution in [1.29, 1.82) is 0 Å². The highest BCUT2D eigenvalue weighted by Gasteiger charge is 2.29. The van der Waals surface area contributed by atoms with Crippen LogP contribution in [0.1, 0.15) is 29.9 Å². The zero-order valence-electron chi connectivity index (χ0n) is 19.7. The summed E-state index contributed by atoms with van der Waals surface area (Å²) in [5.74, 6) is 1.31. The van der Waals surface area contributed by atoms with Gasteiger partial charge in [0.1, 0.15) is 18.2 Å². The van der Waals surface area contributed by atoms with Crippen LogP contribution in [0.15, 0.2) is 47.1 Å². The van der Waals surface area contributed by atoms with Crippen LogP contribution in [0.2, 0.25) is 0 Å². The Morgan fingerprint density at radius 2 is 1.97 bits per heavy atom. The van der Waals surface area contributed by atoms with Crippen molar-refractivity contribution in [2.24, 2.45) is 0 Å². The Balaban J connectivity index is 1.25. The topological polar surface area (TPSA) is 81.2 Å². The summed E-state index contributed by atoms with van der Waals surface area (Å²) in [6, 6.07) is 9.47. The number of anilines is 1. The van der Waals surface area contributed by atoms with E-state index in [-0.39, 0.29) is 11.5 Å². The Morgan fingerprint density at radius 3 is 2.68 bits per heavy atom. The Labute approximate surface area is 204 Å². The van der Waals surface area contributed by atoms with E-state index >= 15 is 0 Å². The quantitative estimate of drug-likeness (QED) is 0.583. The number of ether oxygens (including phenoxy) is 1. The summed E-state index contributed by atoms with van der Waals surface area (Å²) in [5, 5.41) is 13.8. The number of hydrogen-bond acceptors (Lipinski definition) is 8. The third-order valence-electron chi connectivity index (χ3n) is 6.54. The molecule has 8 nitrogen and oxygen atoms in total. The van der Waals surface area contributed by atoms with Gasteiger partial charge in [0.15, 0.2) is 11.5 Å². The number of aliphatic hydroxyl groups excluding tert-OH is 1. The lowest BCUT2D eigenvalue weighted by molar-refractivity contribution is -0.113. The van der Waals surface area contributed by atoms with Crippen molar-refractivity contribution in [3.63, 3.8) is 0 Å². The molecule has 9 heteroatoms. The molecule has 2 aliphatic heterocycles. The van der Waals surface area contributed by atoms with Gasteiger partial charge in [-0.3, -0.25) is 9.69 Å². The van der Waals surface area contributed by atoms with Crippen LogP contribution < -0.4 is 10.1 Å². The van der Waals surface area contributed by atoms with E-state index in [2.05, 4.69) is 27.1 Å². The van der Waals surface area contributed by atoms with Crippen LogP contribution >= 0.6 is 11.9 Å². The highest BCUT2D eigenvalue weighted by atomic mass is 32.2. The Morgan fingerprint density at radius 1 is 1.18 bits per heavy atom. The summed E-state index contributed by atoms with van der Waals surface area (Å²) in [5.41, 5.74) is 2.00. The predicted molar refractivity (Wildman–Crippen MR) is 134 cm³/mol. The predicted octanol–water partition coefficient (Wildman–Crippen LogP) is 3.40. The van der Waals surface area contributed by atoms with Crippen LogP contribution in [-0.2, 0) is 4.79 Å². The first-order valence-electron chi connectivity index (χ1n) is 11.8. The van der Waals surface area contributed by atoms with E-state index in [4.69, 9.17) is 4.74 Å². The maximum absolute atomic E-state index is 13.0. The molecule has 0 spiro atoms. The molecule has 1 saturated carbocycles. The molecule has 2 N–H and O–H groups in total. The van der Waals surface area contributed by atoms with Gasteiger partial charge in [-0.25, -0.2) is 4.98 Å². The maximum atomic E-state index is 13.0. The molecule has 2 aromatic rings. The number of aliphatic hydroxyl groups is 1. The van der Waals surface area contributed by atoms with Crippen molar-refractivity contribution >= 4 is 29.4 Å². The van der Waals surface area contributed by atoms with Gasteiger partial charge in [-0.1, -0.05) is 6.07 Å².